The summed E-state index contributed by atoms with van der Waals surface area (Å²) in [6.45, 7) is 3.88. The highest BCUT2D eigenvalue weighted by molar-refractivity contribution is 5.74. The molecule has 2 amide bonds. The molecule has 2 saturated heterocycles. The lowest BCUT2D eigenvalue weighted by atomic mass is 10.0. The Balaban J connectivity index is 1.55. The second-order valence-electron chi connectivity index (χ2n) is 5.98. The van der Waals surface area contributed by atoms with E-state index in [4.69, 9.17) is 9.84 Å². The Labute approximate surface area is 130 Å². The summed E-state index contributed by atoms with van der Waals surface area (Å²) in [5.74, 6) is 1.93. The Morgan fingerprint density at radius 1 is 1.23 bits per heavy atom. The van der Waals surface area contributed by atoms with Crippen molar-refractivity contribution in [1.29, 1.82) is 0 Å². The Bertz CT molecular complexity index is 506. The Kier molecular flexibility index (Phi) is 4.38. The molecule has 0 radical (unpaired) electrons. The van der Waals surface area contributed by atoms with Crippen molar-refractivity contribution in [3.8, 4) is 5.75 Å². The minimum Gasteiger partial charge on any atom is -0.497 e. The summed E-state index contributed by atoms with van der Waals surface area (Å²) in [6, 6.07) is 8.09. The van der Waals surface area contributed by atoms with Crippen molar-refractivity contribution in [2.45, 2.75) is 0 Å². The normalized spacial score (nSPS) is 23.5. The highest BCUT2D eigenvalue weighted by Gasteiger charge is 2.41. The SMILES string of the molecule is COc1ccc(N2C[C@H]3CN(C(=O)NCCO)C[C@H]3C2)cc1. The van der Waals surface area contributed by atoms with Crippen LogP contribution in [0.15, 0.2) is 24.3 Å². The molecule has 0 unspecified atom stereocenters. The number of aliphatic hydroxyl groups is 1. The lowest BCUT2D eigenvalue weighted by Crippen LogP contribution is -2.41. The van der Waals surface area contributed by atoms with E-state index in [9.17, 15) is 4.79 Å². The number of hydrogen-bond donors (Lipinski definition) is 2. The van der Waals surface area contributed by atoms with Crippen LogP contribution in [0.3, 0.4) is 0 Å². The first-order valence-corrected chi connectivity index (χ1v) is 7.74. The highest BCUT2D eigenvalue weighted by Crippen LogP contribution is 2.34. The van der Waals surface area contributed by atoms with Gasteiger partial charge in [-0.3, -0.25) is 0 Å². The number of ether oxygens (including phenoxy) is 1. The molecule has 22 heavy (non-hydrogen) atoms. The number of amides is 2. The smallest absolute Gasteiger partial charge is 0.317 e. The van der Waals surface area contributed by atoms with Gasteiger partial charge in [0.25, 0.3) is 0 Å². The van der Waals surface area contributed by atoms with Gasteiger partial charge < -0.3 is 25.0 Å². The van der Waals surface area contributed by atoms with Crippen molar-refractivity contribution in [3.05, 3.63) is 24.3 Å². The van der Waals surface area contributed by atoms with Crippen LogP contribution in [-0.4, -0.2) is 62.5 Å². The average molecular weight is 305 g/mol. The number of nitrogens with one attached hydrogen (secondary N) is 1. The third-order valence-electron chi connectivity index (χ3n) is 4.60. The number of likely N-dealkylation sites (tertiary alicyclic amines) is 1. The monoisotopic (exact) mass is 305 g/mol. The van der Waals surface area contributed by atoms with Crippen molar-refractivity contribution in [2.75, 3.05) is 51.3 Å². The first kappa shape index (κ1) is 15.0. The number of benzene rings is 1. The number of methoxy groups -OCH3 is 1. The first-order chi connectivity index (χ1) is 10.7. The van der Waals surface area contributed by atoms with Crippen LogP contribution in [0.4, 0.5) is 10.5 Å². The zero-order valence-electron chi connectivity index (χ0n) is 12.9. The summed E-state index contributed by atoms with van der Waals surface area (Å²) < 4.78 is 5.19. The maximum Gasteiger partial charge on any atom is 0.317 e. The van der Waals surface area contributed by atoms with Gasteiger partial charge in [0.2, 0.25) is 0 Å². The van der Waals surface area contributed by atoms with E-state index in [0.29, 0.717) is 18.4 Å². The molecule has 6 nitrogen and oxygen atoms in total. The van der Waals surface area contributed by atoms with Gasteiger partial charge in [0.15, 0.2) is 0 Å². The predicted molar refractivity (Wildman–Crippen MR) is 84.2 cm³/mol. The van der Waals surface area contributed by atoms with Gasteiger partial charge in [-0.2, -0.15) is 0 Å². The van der Waals surface area contributed by atoms with Gasteiger partial charge in [-0.15, -0.1) is 0 Å². The summed E-state index contributed by atoms with van der Waals surface area (Å²) in [6.07, 6.45) is 0. The molecular formula is C16H23N3O3. The summed E-state index contributed by atoms with van der Waals surface area (Å²) >= 11 is 0. The Morgan fingerprint density at radius 2 is 1.86 bits per heavy atom. The van der Waals surface area contributed by atoms with E-state index in [-0.39, 0.29) is 12.6 Å². The molecule has 1 aromatic carbocycles. The zero-order valence-corrected chi connectivity index (χ0v) is 12.9. The number of fused-ring (bicyclic) bond motifs is 1. The second kappa shape index (κ2) is 6.44. The van der Waals surface area contributed by atoms with Crippen LogP contribution < -0.4 is 15.0 Å². The van der Waals surface area contributed by atoms with Crippen LogP contribution in [0.25, 0.3) is 0 Å². The predicted octanol–water partition coefficient (Wildman–Crippen LogP) is 0.765. The molecule has 2 aliphatic rings. The van der Waals surface area contributed by atoms with Gasteiger partial charge >= 0.3 is 6.03 Å². The maximum absolute atomic E-state index is 11.9. The molecule has 0 spiro atoms. The first-order valence-electron chi connectivity index (χ1n) is 7.74. The van der Waals surface area contributed by atoms with E-state index in [1.807, 2.05) is 17.0 Å². The zero-order chi connectivity index (χ0) is 15.5. The molecule has 0 aromatic heterocycles. The van der Waals surface area contributed by atoms with Gasteiger partial charge in [-0.05, 0) is 24.3 Å². The molecule has 2 heterocycles. The van der Waals surface area contributed by atoms with Crippen LogP contribution in [0, 0.1) is 11.8 Å². The number of carbonyl (C=O) groups is 1. The third-order valence-corrected chi connectivity index (χ3v) is 4.60. The second-order valence-corrected chi connectivity index (χ2v) is 5.98. The van der Waals surface area contributed by atoms with E-state index >= 15 is 0 Å². The third kappa shape index (κ3) is 2.97. The molecule has 2 aliphatic heterocycles. The van der Waals surface area contributed by atoms with E-state index in [1.54, 1.807) is 7.11 Å². The fraction of sp³-hybridized carbons (Fsp3) is 0.562. The van der Waals surface area contributed by atoms with E-state index in [0.717, 1.165) is 31.9 Å². The van der Waals surface area contributed by atoms with Crippen LogP contribution >= 0.6 is 0 Å². The largest absolute Gasteiger partial charge is 0.497 e. The topological polar surface area (TPSA) is 65.0 Å². The van der Waals surface area contributed by atoms with Crippen LogP contribution in [0.1, 0.15) is 0 Å². The molecule has 2 N–H and O–H groups in total. The lowest BCUT2D eigenvalue weighted by molar-refractivity contribution is 0.201. The number of aliphatic hydroxyl groups excluding tert-OH is 1. The minimum atomic E-state index is -0.0561. The molecule has 2 atom stereocenters. The van der Waals surface area contributed by atoms with Crippen molar-refractivity contribution in [1.82, 2.24) is 10.2 Å². The fourth-order valence-electron chi connectivity index (χ4n) is 3.44. The maximum atomic E-state index is 11.9. The summed E-state index contributed by atoms with van der Waals surface area (Å²) in [4.78, 5) is 16.2. The van der Waals surface area contributed by atoms with Gasteiger partial charge in [-0.1, -0.05) is 0 Å². The van der Waals surface area contributed by atoms with E-state index in [1.165, 1.54) is 5.69 Å². The number of rotatable bonds is 4. The van der Waals surface area contributed by atoms with Crippen LogP contribution in [-0.2, 0) is 0 Å². The van der Waals surface area contributed by atoms with Crippen LogP contribution in [0.2, 0.25) is 0 Å². The molecule has 1 aromatic rings. The van der Waals surface area contributed by atoms with Crippen LogP contribution in [0.5, 0.6) is 5.75 Å². The fourth-order valence-corrected chi connectivity index (χ4v) is 3.44. The molecule has 3 rings (SSSR count). The Morgan fingerprint density at radius 3 is 2.41 bits per heavy atom. The van der Waals surface area contributed by atoms with Crippen molar-refractivity contribution in [2.24, 2.45) is 11.8 Å². The molecule has 0 saturated carbocycles. The van der Waals surface area contributed by atoms with Gasteiger partial charge in [0.05, 0.1) is 13.7 Å². The van der Waals surface area contributed by atoms with Gasteiger partial charge in [-0.25, -0.2) is 4.79 Å². The summed E-state index contributed by atoms with van der Waals surface area (Å²) in [5.41, 5.74) is 1.21. The molecule has 2 fully saturated rings. The molecule has 0 aliphatic carbocycles. The molecule has 0 bridgehead atoms. The summed E-state index contributed by atoms with van der Waals surface area (Å²) in [5, 5.41) is 11.5. The molecule has 120 valence electrons. The van der Waals surface area contributed by atoms with Crippen molar-refractivity contribution in [3.63, 3.8) is 0 Å². The number of urea groups is 1. The minimum absolute atomic E-state index is 0.0162. The summed E-state index contributed by atoms with van der Waals surface area (Å²) in [7, 11) is 1.67. The number of hydrogen-bond acceptors (Lipinski definition) is 4. The van der Waals surface area contributed by atoms with Crippen molar-refractivity contribution < 1.29 is 14.6 Å². The molecular weight excluding hydrogens is 282 g/mol. The average Bonchev–Trinajstić information content (AvgIpc) is 3.11. The standard InChI is InChI=1S/C16H23N3O3/c1-22-15-4-2-14(3-5-15)18-8-12-10-19(11-13(12)9-18)16(21)17-6-7-20/h2-5,12-13,20H,6-11H2,1H3,(H,17,21)/t12-,13+. The number of nitrogens with zero attached hydrogens (tertiary/aromatic N) is 2. The van der Waals surface area contributed by atoms with E-state index in [2.05, 4.69) is 22.3 Å². The van der Waals surface area contributed by atoms with Gasteiger partial charge in [0, 0.05) is 50.2 Å². The quantitative estimate of drug-likeness (QED) is 0.862. The number of anilines is 1. The van der Waals surface area contributed by atoms with E-state index < -0.39 is 0 Å². The lowest BCUT2D eigenvalue weighted by Gasteiger charge is -2.23. The van der Waals surface area contributed by atoms with Gasteiger partial charge in [0.1, 0.15) is 5.75 Å². The highest BCUT2D eigenvalue weighted by atomic mass is 16.5. The molecule has 6 heteroatoms. The Hall–Kier alpha value is -1.95. The number of carbonyl (C=O) groups excluding carboxylic acids is 1. The van der Waals surface area contributed by atoms with Crippen molar-refractivity contribution >= 4 is 11.7 Å².